The van der Waals surface area contributed by atoms with Crippen LogP contribution in [0.15, 0.2) is 30.3 Å². The van der Waals surface area contributed by atoms with Crippen LogP contribution in [-0.4, -0.2) is 23.5 Å². The molecule has 1 fully saturated rings. The van der Waals surface area contributed by atoms with Crippen LogP contribution in [0.1, 0.15) is 37.7 Å². The number of hydrogen-bond donors (Lipinski definition) is 2. The number of hydrogen-bond acceptors (Lipinski definition) is 3. The summed E-state index contributed by atoms with van der Waals surface area (Å²) in [5.74, 6) is -0.0224. The molecule has 1 amide bonds. The number of benzene rings is 1. The molecule has 114 valence electrons. The summed E-state index contributed by atoms with van der Waals surface area (Å²) >= 11 is 1.90. The number of thioether (sulfide) groups is 1. The molecule has 1 aromatic rings. The lowest BCUT2D eigenvalue weighted by Crippen LogP contribution is -2.41. The summed E-state index contributed by atoms with van der Waals surface area (Å²) in [5, 5.41) is 3.05. The number of nitrogens with two attached hydrogens (primary N) is 1. The molecule has 0 aliphatic heterocycles. The minimum Gasteiger partial charge on any atom is -0.399 e. The molecule has 0 bridgehead atoms. The number of carbonyl (C=O) groups excluding carboxylic acids is 1. The number of amides is 1. The van der Waals surface area contributed by atoms with Gasteiger partial charge in [-0.1, -0.05) is 31.4 Å². The quantitative estimate of drug-likeness (QED) is 0.647. The molecule has 21 heavy (non-hydrogen) atoms. The van der Waals surface area contributed by atoms with Crippen molar-refractivity contribution >= 4 is 29.4 Å². The first kappa shape index (κ1) is 16.0. The van der Waals surface area contributed by atoms with Crippen molar-refractivity contribution in [2.75, 3.05) is 18.5 Å². The fourth-order valence-corrected chi connectivity index (χ4v) is 3.65. The molecule has 0 aromatic heterocycles. The third-order valence-corrected chi connectivity index (χ3v) is 5.56. The first-order chi connectivity index (χ1) is 10.1. The van der Waals surface area contributed by atoms with Crippen LogP contribution in [0.5, 0.6) is 0 Å². The van der Waals surface area contributed by atoms with E-state index >= 15 is 0 Å². The van der Waals surface area contributed by atoms with Gasteiger partial charge in [0.1, 0.15) is 0 Å². The summed E-state index contributed by atoms with van der Waals surface area (Å²) in [4.78, 5) is 12.0. The normalized spacial score (nSPS) is 17.8. The van der Waals surface area contributed by atoms with Crippen LogP contribution in [0, 0.1) is 0 Å². The van der Waals surface area contributed by atoms with Gasteiger partial charge >= 0.3 is 0 Å². The molecule has 3 N–H and O–H groups in total. The molecule has 0 heterocycles. The van der Waals surface area contributed by atoms with Gasteiger partial charge in [0.05, 0.1) is 0 Å². The Morgan fingerprint density at radius 2 is 1.95 bits per heavy atom. The summed E-state index contributed by atoms with van der Waals surface area (Å²) in [6.45, 7) is 0.763. The third-order valence-electron chi connectivity index (χ3n) is 4.15. The van der Waals surface area contributed by atoms with Gasteiger partial charge in [-0.05, 0) is 42.9 Å². The molecular weight excluding hydrogens is 280 g/mol. The molecule has 0 spiro atoms. The fourth-order valence-electron chi connectivity index (χ4n) is 2.74. The zero-order chi connectivity index (χ0) is 15.1. The number of nitrogens with one attached hydrogen (secondary N) is 1. The highest BCUT2D eigenvalue weighted by Crippen LogP contribution is 2.37. The Balaban J connectivity index is 1.85. The topological polar surface area (TPSA) is 55.1 Å². The van der Waals surface area contributed by atoms with Gasteiger partial charge in [-0.2, -0.15) is 11.8 Å². The van der Waals surface area contributed by atoms with Crippen LogP contribution in [0.4, 0.5) is 5.69 Å². The highest BCUT2D eigenvalue weighted by atomic mass is 32.2. The average Bonchev–Trinajstić information content (AvgIpc) is 2.53. The molecule has 0 unspecified atom stereocenters. The van der Waals surface area contributed by atoms with Crippen molar-refractivity contribution in [1.82, 2.24) is 5.32 Å². The van der Waals surface area contributed by atoms with E-state index in [9.17, 15) is 4.79 Å². The lowest BCUT2D eigenvalue weighted by Gasteiger charge is -2.35. The molecule has 1 saturated carbocycles. The minimum absolute atomic E-state index is 0.0224. The lowest BCUT2D eigenvalue weighted by molar-refractivity contribution is -0.116. The van der Waals surface area contributed by atoms with Crippen LogP contribution >= 0.6 is 11.8 Å². The van der Waals surface area contributed by atoms with Crippen molar-refractivity contribution in [3.8, 4) is 0 Å². The molecule has 4 heteroatoms. The Bertz CT molecular complexity index is 490. The summed E-state index contributed by atoms with van der Waals surface area (Å²) in [5.41, 5.74) is 7.35. The molecular formula is C17H24N2OS. The van der Waals surface area contributed by atoms with Gasteiger partial charge in [0.25, 0.3) is 0 Å². The Morgan fingerprint density at radius 3 is 2.57 bits per heavy atom. The average molecular weight is 304 g/mol. The Kier molecular flexibility index (Phi) is 5.74. The van der Waals surface area contributed by atoms with E-state index in [1.165, 1.54) is 32.1 Å². The summed E-state index contributed by atoms with van der Waals surface area (Å²) in [7, 11) is 0. The Morgan fingerprint density at radius 1 is 1.29 bits per heavy atom. The number of rotatable bonds is 5. The van der Waals surface area contributed by atoms with Gasteiger partial charge in [0.2, 0.25) is 5.91 Å². The van der Waals surface area contributed by atoms with Crippen molar-refractivity contribution in [2.24, 2.45) is 0 Å². The van der Waals surface area contributed by atoms with E-state index in [1.54, 1.807) is 6.08 Å². The SMILES string of the molecule is CSC1(CNC(=O)/C=C/c2ccc(N)cc2)CCCCC1. The maximum absolute atomic E-state index is 12.0. The van der Waals surface area contributed by atoms with Crippen LogP contribution in [-0.2, 0) is 4.79 Å². The van der Waals surface area contributed by atoms with E-state index in [0.717, 1.165) is 17.8 Å². The highest BCUT2D eigenvalue weighted by Gasteiger charge is 2.31. The van der Waals surface area contributed by atoms with Crippen molar-refractivity contribution < 1.29 is 4.79 Å². The molecule has 0 atom stereocenters. The van der Waals surface area contributed by atoms with Gasteiger partial charge in [-0.25, -0.2) is 0 Å². The highest BCUT2D eigenvalue weighted by molar-refractivity contribution is 8.00. The van der Waals surface area contributed by atoms with Crippen molar-refractivity contribution in [1.29, 1.82) is 0 Å². The molecule has 3 nitrogen and oxygen atoms in total. The smallest absolute Gasteiger partial charge is 0.244 e. The monoisotopic (exact) mass is 304 g/mol. The second-order valence-corrected chi connectivity index (χ2v) is 6.94. The molecule has 0 saturated heterocycles. The molecule has 1 aliphatic carbocycles. The predicted molar refractivity (Wildman–Crippen MR) is 92.2 cm³/mol. The molecule has 0 radical (unpaired) electrons. The van der Waals surface area contributed by atoms with Crippen molar-refractivity contribution in [3.63, 3.8) is 0 Å². The van der Waals surface area contributed by atoms with Gasteiger partial charge < -0.3 is 11.1 Å². The summed E-state index contributed by atoms with van der Waals surface area (Å²) in [6.07, 6.45) is 11.9. The van der Waals surface area contributed by atoms with Crippen LogP contribution in [0.3, 0.4) is 0 Å². The van der Waals surface area contributed by atoms with Crippen LogP contribution < -0.4 is 11.1 Å². The lowest BCUT2D eigenvalue weighted by atomic mass is 9.88. The van der Waals surface area contributed by atoms with Crippen molar-refractivity contribution in [3.05, 3.63) is 35.9 Å². The van der Waals surface area contributed by atoms with Crippen molar-refractivity contribution in [2.45, 2.75) is 36.9 Å². The Hall–Kier alpha value is -1.42. The predicted octanol–water partition coefficient (Wildman–Crippen LogP) is 3.46. The minimum atomic E-state index is -0.0224. The first-order valence-electron chi connectivity index (χ1n) is 7.50. The maximum atomic E-state index is 12.0. The standard InChI is InChI=1S/C17H24N2OS/c1-21-17(11-3-2-4-12-17)13-19-16(20)10-7-14-5-8-15(18)9-6-14/h5-10H,2-4,11-13,18H2,1H3,(H,19,20)/b10-7+. The van der Waals surface area contributed by atoms with E-state index in [4.69, 9.17) is 5.73 Å². The number of carbonyl (C=O) groups is 1. The second-order valence-electron chi connectivity index (χ2n) is 5.67. The maximum Gasteiger partial charge on any atom is 0.244 e. The third kappa shape index (κ3) is 4.81. The van der Waals surface area contributed by atoms with Crippen LogP contribution in [0.25, 0.3) is 6.08 Å². The number of anilines is 1. The van der Waals surface area contributed by atoms with Gasteiger partial charge in [-0.15, -0.1) is 0 Å². The molecule has 1 aliphatic rings. The van der Waals surface area contributed by atoms with Gasteiger partial charge in [0.15, 0.2) is 0 Å². The van der Waals surface area contributed by atoms with E-state index in [0.29, 0.717) is 0 Å². The number of nitrogen functional groups attached to an aromatic ring is 1. The van der Waals surface area contributed by atoms with E-state index in [2.05, 4.69) is 11.6 Å². The summed E-state index contributed by atoms with van der Waals surface area (Å²) < 4.78 is 0.239. The largest absolute Gasteiger partial charge is 0.399 e. The zero-order valence-electron chi connectivity index (χ0n) is 12.6. The fraction of sp³-hybridized carbons (Fsp3) is 0.471. The van der Waals surface area contributed by atoms with E-state index in [-0.39, 0.29) is 10.7 Å². The molecule has 1 aromatic carbocycles. The van der Waals surface area contributed by atoms with Gasteiger partial charge in [0, 0.05) is 23.1 Å². The van der Waals surface area contributed by atoms with Gasteiger partial charge in [-0.3, -0.25) is 4.79 Å². The zero-order valence-corrected chi connectivity index (χ0v) is 13.4. The Labute approximate surface area is 131 Å². The first-order valence-corrected chi connectivity index (χ1v) is 8.73. The molecule has 2 rings (SSSR count). The summed E-state index contributed by atoms with van der Waals surface area (Å²) in [6, 6.07) is 7.48. The second kappa shape index (κ2) is 7.55. The van der Waals surface area contributed by atoms with E-state index in [1.807, 2.05) is 42.1 Å². The van der Waals surface area contributed by atoms with Crippen LogP contribution in [0.2, 0.25) is 0 Å². The van der Waals surface area contributed by atoms with E-state index < -0.39 is 0 Å².